The zero-order valence-electron chi connectivity index (χ0n) is 17.5. The van der Waals surface area contributed by atoms with Crippen LogP contribution in [0.5, 0.6) is 5.75 Å². The molecule has 0 aliphatic heterocycles. The van der Waals surface area contributed by atoms with Crippen molar-refractivity contribution in [3.05, 3.63) is 103 Å². The molecule has 0 aliphatic carbocycles. The van der Waals surface area contributed by atoms with Crippen LogP contribution in [0, 0.1) is 0 Å². The van der Waals surface area contributed by atoms with Crippen molar-refractivity contribution in [2.45, 2.75) is 19.8 Å². The molecule has 4 aromatic rings. The second-order valence-corrected chi connectivity index (χ2v) is 7.18. The number of amides is 1. The van der Waals surface area contributed by atoms with Crippen molar-refractivity contribution in [3.8, 4) is 22.7 Å². The van der Waals surface area contributed by atoms with Gasteiger partial charge in [-0.05, 0) is 36.2 Å². The van der Waals surface area contributed by atoms with Crippen LogP contribution in [0.1, 0.15) is 18.3 Å². The number of nitrogens with zero attached hydrogens (tertiary/aromatic N) is 2. The summed E-state index contributed by atoms with van der Waals surface area (Å²) >= 11 is 0. The lowest BCUT2D eigenvalue weighted by atomic mass is 10.1. The number of nitrogens with one attached hydrogen (secondary N) is 1. The minimum Gasteiger partial charge on any atom is -0.410 e. The topological polar surface area (TPSA) is 56.2 Å². The van der Waals surface area contributed by atoms with E-state index in [9.17, 15) is 4.79 Å². The number of ether oxygens (including phenoxy) is 1. The third-order valence-electron chi connectivity index (χ3n) is 5.02. The monoisotopic (exact) mass is 411 g/mol. The second-order valence-electron chi connectivity index (χ2n) is 7.18. The Morgan fingerprint density at radius 2 is 1.61 bits per heavy atom. The summed E-state index contributed by atoms with van der Waals surface area (Å²) in [6, 6.07) is 27.6. The molecule has 4 rings (SSSR count). The van der Waals surface area contributed by atoms with Gasteiger partial charge < -0.3 is 14.6 Å². The molecule has 0 saturated carbocycles. The fraction of sp³-hybridized carbons (Fsp3) is 0.154. The summed E-state index contributed by atoms with van der Waals surface area (Å²) in [6.07, 6.45) is 3.22. The maximum atomic E-state index is 11.9. The number of aromatic nitrogens is 2. The maximum absolute atomic E-state index is 11.9. The normalized spacial score (nSPS) is 10.6. The molecular weight excluding hydrogens is 386 g/mol. The Labute approximate surface area is 182 Å². The lowest BCUT2D eigenvalue weighted by Gasteiger charge is -2.09. The predicted octanol–water partition coefficient (Wildman–Crippen LogP) is 5.43. The Morgan fingerprint density at radius 3 is 2.29 bits per heavy atom. The Bertz CT molecular complexity index is 1120. The summed E-state index contributed by atoms with van der Waals surface area (Å²) in [5, 5.41) is 2.79. The van der Waals surface area contributed by atoms with Gasteiger partial charge in [0, 0.05) is 30.4 Å². The summed E-state index contributed by atoms with van der Waals surface area (Å²) in [6.45, 7) is 2.62. The lowest BCUT2D eigenvalue weighted by Crippen LogP contribution is -2.28. The molecule has 31 heavy (non-hydrogen) atoms. The van der Waals surface area contributed by atoms with Crippen molar-refractivity contribution in [1.29, 1.82) is 0 Å². The van der Waals surface area contributed by atoms with Crippen LogP contribution in [-0.4, -0.2) is 22.2 Å². The Hall–Kier alpha value is -3.86. The molecule has 156 valence electrons. The smallest absolute Gasteiger partial charge is 0.410 e. The standard InChI is InChI=1S/C26H25N3O2/c1-2-25-28-24(21-9-5-3-6-10-21)19-29(25)22-15-13-20(14-16-22)17-18-27-26(30)31-23-11-7-4-8-12-23/h3-16,19H,2,17-18H2,1H3,(H,27,30). The van der Waals surface area contributed by atoms with E-state index in [-0.39, 0.29) is 0 Å². The van der Waals surface area contributed by atoms with Gasteiger partial charge >= 0.3 is 6.09 Å². The van der Waals surface area contributed by atoms with Crippen LogP contribution in [0.15, 0.2) is 91.1 Å². The van der Waals surface area contributed by atoms with Gasteiger partial charge in [0.25, 0.3) is 0 Å². The second kappa shape index (κ2) is 9.76. The van der Waals surface area contributed by atoms with Crippen molar-refractivity contribution in [1.82, 2.24) is 14.9 Å². The van der Waals surface area contributed by atoms with Crippen molar-refractivity contribution in [2.75, 3.05) is 6.54 Å². The summed E-state index contributed by atoms with van der Waals surface area (Å²) in [7, 11) is 0. The van der Waals surface area contributed by atoms with Gasteiger partial charge in [0.05, 0.1) is 5.69 Å². The van der Waals surface area contributed by atoms with Gasteiger partial charge in [0.15, 0.2) is 0 Å². The van der Waals surface area contributed by atoms with E-state index in [0.29, 0.717) is 12.3 Å². The van der Waals surface area contributed by atoms with Crippen LogP contribution < -0.4 is 10.1 Å². The first kappa shape index (κ1) is 20.4. The maximum Gasteiger partial charge on any atom is 0.412 e. The van der Waals surface area contributed by atoms with Gasteiger partial charge in [-0.1, -0.05) is 67.6 Å². The molecular formula is C26H25N3O2. The van der Waals surface area contributed by atoms with E-state index in [1.54, 1.807) is 12.1 Å². The van der Waals surface area contributed by atoms with Crippen LogP contribution >= 0.6 is 0 Å². The zero-order chi connectivity index (χ0) is 21.5. The van der Waals surface area contributed by atoms with E-state index in [0.717, 1.165) is 41.2 Å². The highest BCUT2D eigenvalue weighted by Gasteiger charge is 2.10. The first-order valence-electron chi connectivity index (χ1n) is 10.5. The number of carbonyl (C=O) groups is 1. The molecule has 1 aromatic heterocycles. The molecule has 5 nitrogen and oxygen atoms in total. The summed E-state index contributed by atoms with van der Waals surface area (Å²) in [5.74, 6) is 1.56. The Kier molecular flexibility index (Phi) is 6.43. The van der Waals surface area contributed by atoms with Crippen LogP contribution in [0.3, 0.4) is 0 Å². The largest absolute Gasteiger partial charge is 0.412 e. The number of carbonyl (C=O) groups excluding carboxylic acids is 1. The Balaban J connectivity index is 1.37. The first-order chi connectivity index (χ1) is 15.2. The highest BCUT2D eigenvalue weighted by Crippen LogP contribution is 2.22. The van der Waals surface area contributed by atoms with Gasteiger partial charge in [-0.3, -0.25) is 0 Å². The van der Waals surface area contributed by atoms with E-state index in [2.05, 4.69) is 59.4 Å². The minimum absolute atomic E-state index is 0.442. The number of hydrogen-bond donors (Lipinski definition) is 1. The molecule has 0 fully saturated rings. The predicted molar refractivity (Wildman–Crippen MR) is 123 cm³/mol. The fourth-order valence-corrected chi connectivity index (χ4v) is 3.40. The Morgan fingerprint density at radius 1 is 0.935 bits per heavy atom. The molecule has 1 N–H and O–H groups in total. The molecule has 0 saturated heterocycles. The highest BCUT2D eigenvalue weighted by atomic mass is 16.5. The van der Waals surface area contributed by atoms with Crippen molar-refractivity contribution >= 4 is 6.09 Å². The molecule has 0 aliphatic rings. The van der Waals surface area contributed by atoms with Crippen LogP contribution in [0.4, 0.5) is 4.79 Å². The van der Waals surface area contributed by atoms with Crippen molar-refractivity contribution in [3.63, 3.8) is 0 Å². The molecule has 1 amide bonds. The number of benzene rings is 3. The molecule has 0 atom stereocenters. The SMILES string of the molecule is CCc1nc(-c2ccccc2)cn1-c1ccc(CCNC(=O)Oc2ccccc2)cc1. The molecule has 0 unspecified atom stereocenters. The highest BCUT2D eigenvalue weighted by molar-refractivity contribution is 5.70. The molecule has 3 aromatic carbocycles. The van der Waals surface area contributed by atoms with Crippen LogP contribution in [-0.2, 0) is 12.8 Å². The number of rotatable bonds is 7. The van der Waals surface area contributed by atoms with E-state index >= 15 is 0 Å². The average molecular weight is 412 g/mol. The van der Waals surface area contributed by atoms with Crippen molar-refractivity contribution < 1.29 is 9.53 Å². The zero-order valence-corrected chi connectivity index (χ0v) is 17.5. The van der Waals surface area contributed by atoms with Gasteiger partial charge in [0.2, 0.25) is 0 Å². The average Bonchev–Trinajstić information content (AvgIpc) is 3.25. The van der Waals surface area contributed by atoms with Gasteiger partial charge in [-0.2, -0.15) is 0 Å². The number of aryl methyl sites for hydroxylation is 1. The van der Waals surface area contributed by atoms with E-state index in [4.69, 9.17) is 9.72 Å². The molecule has 1 heterocycles. The number of imidazole rings is 1. The van der Waals surface area contributed by atoms with E-state index < -0.39 is 6.09 Å². The van der Waals surface area contributed by atoms with Gasteiger partial charge in [0.1, 0.15) is 11.6 Å². The third kappa shape index (κ3) is 5.20. The van der Waals surface area contributed by atoms with Crippen molar-refractivity contribution in [2.24, 2.45) is 0 Å². The minimum atomic E-state index is -0.442. The quantitative estimate of drug-likeness (QED) is 0.441. The molecule has 0 bridgehead atoms. The first-order valence-corrected chi connectivity index (χ1v) is 10.5. The fourth-order valence-electron chi connectivity index (χ4n) is 3.40. The number of para-hydroxylation sites is 1. The van der Waals surface area contributed by atoms with Gasteiger partial charge in [-0.25, -0.2) is 9.78 Å². The van der Waals surface area contributed by atoms with Gasteiger partial charge in [-0.15, -0.1) is 0 Å². The van der Waals surface area contributed by atoms with E-state index in [1.807, 2.05) is 36.4 Å². The summed E-state index contributed by atoms with van der Waals surface area (Å²) < 4.78 is 7.37. The molecule has 5 heteroatoms. The molecule has 0 radical (unpaired) electrons. The third-order valence-corrected chi connectivity index (χ3v) is 5.02. The van der Waals surface area contributed by atoms with E-state index in [1.165, 1.54) is 0 Å². The summed E-state index contributed by atoms with van der Waals surface area (Å²) in [5.41, 5.74) is 4.31. The lowest BCUT2D eigenvalue weighted by molar-refractivity contribution is 0.200. The van der Waals surface area contributed by atoms with Crippen LogP contribution in [0.2, 0.25) is 0 Å². The van der Waals surface area contributed by atoms with Crippen LogP contribution in [0.25, 0.3) is 16.9 Å². The molecule has 0 spiro atoms. The summed E-state index contributed by atoms with van der Waals surface area (Å²) in [4.78, 5) is 16.7. The number of hydrogen-bond acceptors (Lipinski definition) is 3.